The third-order valence-corrected chi connectivity index (χ3v) is 9.14. The average Bonchev–Trinajstić information content (AvgIpc) is 3.25. The lowest BCUT2D eigenvalue weighted by Crippen LogP contribution is -2.42. The van der Waals surface area contributed by atoms with Crippen LogP contribution in [0.2, 0.25) is 0 Å². The molecule has 0 N–H and O–H groups in total. The summed E-state index contributed by atoms with van der Waals surface area (Å²) in [5.41, 5.74) is -0.893. The van der Waals surface area contributed by atoms with Crippen molar-refractivity contribution in [2.45, 2.75) is 148 Å². The van der Waals surface area contributed by atoms with Crippen molar-refractivity contribution >= 4 is 13.8 Å². The van der Waals surface area contributed by atoms with E-state index in [1.165, 1.54) is 83.5 Å². The molecule has 0 bridgehead atoms. The number of hydrogen-bond acceptors (Lipinski definition) is 6. The van der Waals surface area contributed by atoms with Crippen LogP contribution in [0.3, 0.4) is 0 Å². The minimum absolute atomic E-state index is 0.0581. The van der Waals surface area contributed by atoms with Crippen molar-refractivity contribution in [2.24, 2.45) is 5.41 Å². The van der Waals surface area contributed by atoms with E-state index in [0.29, 0.717) is 30.3 Å². The lowest BCUT2D eigenvalue weighted by atomic mass is 9.79. The fourth-order valence-corrected chi connectivity index (χ4v) is 6.68. The number of esters is 1. The Morgan fingerprint density at radius 3 is 1.79 bits per heavy atom. The maximum Gasteiger partial charge on any atom is 0.314 e. The number of carbonyl (C=O) groups is 1. The SMILES string of the molecule is CCCCCCCCCCCCCCCCCC[C@@]1(C(=O)OCC)CCC[C@@H]1OP(=O)([O-])OCC[N+](C)(C)C. The molecule has 8 heteroatoms. The molecule has 3 atom stereocenters. The zero-order chi connectivity index (χ0) is 29.0. The first-order chi connectivity index (χ1) is 18.6. The van der Waals surface area contributed by atoms with Crippen LogP contribution in [0.1, 0.15) is 142 Å². The molecule has 1 saturated carbocycles. The molecule has 0 aromatic carbocycles. The molecular formula is C31H62NO6P. The molecular weight excluding hydrogens is 513 g/mol. The molecule has 39 heavy (non-hydrogen) atoms. The minimum Gasteiger partial charge on any atom is -0.756 e. The van der Waals surface area contributed by atoms with Crippen molar-refractivity contribution < 1.29 is 32.5 Å². The minimum atomic E-state index is -4.51. The van der Waals surface area contributed by atoms with Gasteiger partial charge >= 0.3 is 5.97 Å². The molecule has 0 aliphatic heterocycles. The molecule has 0 radical (unpaired) electrons. The first-order valence-electron chi connectivity index (χ1n) is 16.2. The normalized spacial score (nSPS) is 21.2. The van der Waals surface area contributed by atoms with Gasteiger partial charge in [-0.2, -0.15) is 0 Å². The second-order valence-corrected chi connectivity index (χ2v) is 14.1. The Bertz CT molecular complexity index is 682. The summed E-state index contributed by atoms with van der Waals surface area (Å²) in [4.78, 5) is 25.7. The Kier molecular flexibility index (Phi) is 19.1. The van der Waals surface area contributed by atoms with Gasteiger partial charge in [0.1, 0.15) is 13.2 Å². The van der Waals surface area contributed by atoms with E-state index < -0.39 is 19.3 Å². The van der Waals surface area contributed by atoms with Gasteiger partial charge in [-0.05, 0) is 32.6 Å². The van der Waals surface area contributed by atoms with Gasteiger partial charge in [0.15, 0.2) is 0 Å². The molecule has 0 amide bonds. The number of unbranched alkanes of at least 4 members (excludes halogenated alkanes) is 15. The predicted octanol–water partition coefficient (Wildman–Crippen LogP) is 7.95. The first-order valence-corrected chi connectivity index (χ1v) is 17.6. The van der Waals surface area contributed by atoms with Gasteiger partial charge in [-0.1, -0.05) is 110 Å². The maximum atomic E-state index is 13.1. The molecule has 0 heterocycles. The summed E-state index contributed by atoms with van der Waals surface area (Å²) >= 11 is 0. The van der Waals surface area contributed by atoms with Gasteiger partial charge in [0.25, 0.3) is 7.82 Å². The van der Waals surface area contributed by atoms with Crippen LogP contribution in [0, 0.1) is 5.41 Å². The average molecular weight is 576 g/mol. The highest BCUT2D eigenvalue weighted by atomic mass is 31.2. The van der Waals surface area contributed by atoms with Crippen molar-refractivity contribution in [1.82, 2.24) is 0 Å². The highest BCUT2D eigenvalue weighted by molar-refractivity contribution is 7.45. The van der Waals surface area contributed by atoms with Crippen LogP contribution < -0.4 is 4.89 Å². The number of quaternary nitrogens is 1. The van der Waals surface area contributed by atoms with Gasteiger partial charge in [-0.25, -0.2) is 0 Å². The van der Waals surface area contributed by atoms with E-state index in [-0.39, 0.29) is 19.2 Å². The number of likely N-dealkylation sites (N-methyl/N-ethyl adjacent to an activating group) is 1. The first kappa shape index (κ1) is 36.6. The number of phosphoric ester groups is 1. The van der Waals surface area contributed by atoms with Crippen LogP contribution in [0.25, 0.3) is 0 Å². The topological polar surface area (TPSA) is 84.9 Å². The largest absolute Gasteiger partial charge is 0.756 e. The number of carbonyl (C=O) groups excluding carboxylic acids is 1. The quantitative estimate of drug-likeness (QED) is 0.0475. The lowest BCUT2D eigenvalue weighted by Gasteiger charge is -2.36. The zero-order valence-electron chi connectivity index (χ0n) is 26.2. The Balaban J connectivity index is 2.32. The van der Waals surface area contributed by atoms with Gasteiger partial charge in [-0.3, -0.25) is 9.36 Å². The third-order valence-electron chi connectivity index (χ3n) is 8.13. The van der Waals surface area contributed by atoms with Gasteiger partial charge in [0, 0.05) is 0 Å². The molecule has 1 aliphatic carbocycles. The highest BCUT2D eigenvalue weighted by Crippen LogP contribution is 2.52. The van der Waals surface area contributed by atoms with Crippen LogP contribution in [0.5, 0.6) is 0 Å². The standard InChI is InChI=1S/C31H62NO6P/c1-6-8-9-10-11-12-13-14-15-16-17-18-19-20-21-22-25-31(30(33)36-7-2)26-23-24-29(31)38-39(34,35)37-28-27-32(3,4)5/h29H,6-28H2,1-5H3/t29-,31+/m0/s1. The Hall–Kier alpha value is -0.460. The Labute approximate surface area is 240 Å². The molecule has 0 aromatic rings. The summed E-state index contributed by atoms with van der Waals surface area (Å²) in [7, 11) is 1.41. The monoisotopic (exact) mass is 575 g/mol. The van der Waals surface area contributed by atoms with Gasteiger partial charge in [0.05, 0.1) is 39.3 Å². The van der Waals surface area contributed by atoms with Crippen LogP contribution >= 0.6 is 7.82 Å². The highest BCUT2D eigenvalue weighted by Gasteiger charge is 2.51. The van der Waals surface area contributed by atoms with Crippen LogP contribution in [0.15, 0.2) is 0 Å². The van der Waals surface area contributed by atoms with E-state index in [4.69, 9.17) is 13.8 Å². The predicted molar refractivity (Wildman–Crippen MR) is 158 cm³/mol. The number of rotatable bonds is 25. The number of phosphoric acid groups is 1. The van der Waals surface area contributed by atoms with E-state index in [9.17, 15) is 14.3 Å². The molecule has 7 nitrogen and oxygen atoms in total. The van der Waals surface area contributed by atoms with Crippen molar-refractivity contribution in [3.8, 4) is 0 Å². The van der Waals surface area contributed by atoms with E-state index in [1.54, 1.807) is 6.92 Å². The number of ether oxygens (including phenoxy) is 1. The fourth-order valence-electron chi connectivity index (χ4n) is 5.69. The summed E-state index contributed by atoms with van der Waals surface area (Å²) in [6.45, 7) is 4.94. The van der Waals surface area contributed by atoms with E-state index in [0.717, 1.165) is 25.7 Å². The van der Waals surface area contributed by atoms with Crippen molar-refractivity contribution in [3.05, 3.63) is 0 Å². The summed E-state index contributed by atoms with van der Waals surface area (Å²) in [6.07, 6.45) is 22.5. The molecule has 0 spiro atoms. The lowest BCUT2D eigenvalue weighted by molar-refractivity contribution is -0.870. The second-order valence-electron chi connectivity index (χ2n) is 12.7. The number of nitrogens with zero attached hydrogens (tertiary/aromatic N) is 1. The van der Waals surface area contributed by atoms with Crippen molar-refractivity contribution in [1.29, 1.82) is 0 Å². The molecule has 232 valence electrons. The van der Waals surface area contributed by atoms with Gasteiger partial charge in [0.2, 0.25) is 0 Å². The summed E-state index contributed by atoms with van der Waals surface area (Å²) in [6, 6.07) is 0. The smallest absolute Gasteiger partial charge is 0.314 e. The Morgan fingerprint density at radius 2 is 1.33 bits per heavy atom. The fraction of sp³-hybridized carbons (Fsp3) is 0.968. The van der Waals surface area contributed by atoms with Crippen molar-refractivity contribution in [2.75, 3.05) is 40.9 Å². The molecule has 0 aromatic heterocycles. The summed E-state index contributed by atoms with van der Waals surface area (Å²) in [5.74, 6) is -0.320. The maximum absolute atomic E-state index is 13.1. The van der Waals surface area contributed by atoms with Crippen LogP contribution in [0.4, 0.5) is 0 Å². The van der Waals surface area contributed by atoms with E-state index in [2.05, 4.69) is 6.92 Å². The Morgan fingerprint density at radius 1 is 0.846 bits per heavy atom. The zero-order valence-corrected chi connectivity index (χ0v) is 27.1. The number of hydrogen-bond donors (Lipinski definition) is 0. The van der Waals surface area contributed by atoms with Gasteiger partial charge < -0.3 is 23.2 Å². The van der Waals surface area contributed by atoms with E-state index >= 15 is 0 Å². The van der Waals surface area contributed by atoms with E-state index in [1.807, 2.05) is 21.1 Å². The van der Waals surface area contributed by atoms with Crippen LogP contribution in [-0.4, -0.2) is 57.5 Å². The van der Waals surface area contributed by atoms with Crippen LogP contribution in [-0.2, 0) is 23.1 Å². The molecule has 1 unspecified atom stereocenters. The molecule has 0 saturated heterocycles. The second kappa shape index (κ2) is 20.4. The molecule has 1 rings (SSSR count). The van der Waals surface area contributed by atoms with Crippen molar-refractivity contribution in [3.63, 3.8) is 0 Å². The third kappa shape index (κ3) is 16.5. The summed E-state index contributed by atoms with van der Waals surface area (Å²) in [5, 5.41) is 0. The molecule has 1 fully saturated rings. The van der Waals surface area contributed by atoms with Gasteiger partial charge in [-0.15, -0.1) is 0 Å². The summed E-state index contributed by atoms with van der Waals surface area (Å²) < 4.78 is 29.3. The molecule has 1 aliphatic rings.